The summed E-state index contributed by atoms with van der Waals surface area (Å²) < 4.78 is 14.0. The summed E-state index contributed by atoms with van der Waals surface area (Å²) in [6, 6.07) is 0. The normalized spacial score (nSPS) is 11.6. The minimum absolute atomic E-state index is 0.0151. The zero-order valence-corrected chi connectivity index (χ0v) is 35.1. The van der Waals surface area contributed by atoms with Crippen molar-refractivity contribution >= 4 is 45.4 Å². The molecule has 0 unspecified atom stereocenters. The SMILES string of the molecule is CCCCCCCCOC(=O)CC[S][Sn]([CH2]CCCCCCC)([CH2]CCCCCCC)[S]CCC(=O)OCCCCCCCC. The first kappa shape index (κ1) is 45.4. The topological polar surface area (TPSA) is 52.6 Å². The molecule has 45 heavy (non-hydrogen) atoms. The van der Waals surface area contributed by atoms with Crippen LogP contribution >= 0.6 is 17.9 Å². The van der Waals surface area contributed by atoms with Crippen molar-refractivity contribution in [2.45, 2.75) is 204 Å². The summed E-state index contributed by atoms with van der Waals surface area (Å²) in [4.78, 5) is 25.2. The third-order valence-corrected chi connectivity index (χ3v) is 39.6. The van der Waals surface area contributed by atoms with Gasteiger partial charge in [-0.3, -0.25) is 0 Å². The first-order valence-electron chi connectivity index (χ1n) is 19.6. The maximum absolute atomic E-state index is 12.6. The third-order valence-electron chi connectivity index (χ3n) is 8.69. The van der Waals surface area contributed by atoms with Gasteiger partial charge in [0.2, 0.25) is 0 Å². The molecule has 0 aromatic rings. The molecule has 0 amide bonds. The molecule has 7 heteroatoms. The fourth-order valence-electron chi connectivity index (χ4n) is 5.73. The number of carbonyl (C=O) groups is 2. The molecule has 0 heterocycles. The van der Waals surface area contributed by atoms with E-state index in [1.807, 2.05) is 0 Å². The van der Waals surface area contributed by atoms with Gasteiger partial charge in [-0.15, -0.1) is 0 Å². The first-order chi connectivity index (χ1) is 22.0. The van der Waals surface area contributed by atoms with Crippen molar-refractivity contribution in [3.8, 4) is 0 Å². The molecule has 0 bridgehead atoms. The zero-order chi connectivity index (χ0) is 33.1. The first-order valence-corrected chi connectivity index (χ1v) is 32.6. The molecule has 0 aromatic heterocycles. The van der Waals surface area contributed by atoms with Crippen molar-refractivity contribution in [2.75, 3.05) is 24.7 Å². The van der Waals surface area contributed by atoms with Crippen LogP contribution in [0, 0.1) is 0 Å². The Labute approximate surface area is 291 Å². The molecule has 0 aromatic carbocycles. The van der Waals surface area contributed by atoms with Gasteiger partial charge in [-0.25, -0.2) is 0 Å². The summed E-state index contributed by atoms with van der Waals surface area (Å²) >= 11 is -2.70. The van der Waals surface area contributed by atoms with E-state index in [4.69, 9.17) is 9.47 Å². The molecule has 0 radical (unpaired) electrons. The number of carbonyl (C=O) groups excluding carboxylic acids is 2. The molecule has 0 N–H and O–H groups in total. The molecule has 0 spiro atoms. The van der Waals surface area contributed by atoms with E-state index >= 15 is 0 Å². The third kappa shape index (κ3) is 31.5. The molecule has 0 aliphatic carbocycles. The fraction of sp³-hybridized carbons (Fsp3) is 0.947. The van der Waals surface area contributed by atoms with Gasteiger partial charge in [0, 0.05) is 0 Å². The van der Waals surface area contributed by atoms with E-state index in [9.17, 15) is 9.59 Å². The van der Waals surface area contributed by atoms with Crippen LogP contribution in [0.3, 0.4) is 0 Å². The summed E-state index contributed by atoms with van der Waals surface area (Å²) in [7, 11) is 4.38. The van der Waals surface area contributed by atoms with Gasteiger partial charge in [0.05, 0.1) is 0 Å². The Morgan fingerprint density at radius 3 is 1.04 bits per heavy atom. The second-order valence-electron chi connectivity index (χ2n) is 13.1. The van der Waals surface area contributed by atoms with E-state index in [1.165, 1.54) is 137 Å². The average Bonchev–Trinajstić information content (AvgIpc) is 3.03. The van der Waals surface area contributed by atoms with E-state index in [2.05, 4.69) is 45.6 Å². The Morgan fingerprint density at radius 2 is 0.711 bits per heavy atom. The van der Waals surface area contributed by atoms with Crippen molar-refractivity contribution < 1.29 is 19.1 Å². The second-order valence-corrected chi connectivity index (χ2v) is 39.7. The molecule has 0 aliphatic rings. The Bertz CT molecular complexity index is 595. The van der Waals surface area contributed by atoms with E-state index in [0.29, 0.717) is 26.1 Å². The second kappa shape index (κ2) is 35.7. The molecule has 0 atom stereocenters. The summed E-state index contributed by atoms with van der Waals surface area (Å²) in [5, 5.41) is 0. The summed E-state index contributed by atoms with van der Waals surface area (Å²) in [5.74, 6) is 1.76. The summed E-state index contributed by atoms with van der Waals surface area (Å²) in [6.45, 7) is 10.2. The van der Waals surface area contributed by atoms with Gasteiger partial charge < -0.3 is 0 Å². The standard InChI is InChI=1S/2C11H22O2S.2C8H17.Sn/c2*1-2-3-4-5-6-7-9-13-11(12)8-10-14;2*1-3-5-7-8-6-4-2;/h2*14H,2-10H2,1H3;2*1,3-8H2,2H3;/q;;;;+2/p-2. The molecule has 0 fully saturated rings. The van der Waals surface area contributed by atoms with Crippen molar-refractivity contribution in [1.29, 1.82) is 0 Å². The van der Waals surface area contributed by atoms with Crippen molar-refractivity contribution in [3.05, 3.63) is 0 Å². The Kier molecular flexibility index (Phi) is 36.1. The van der Waals surface area contributed by atoms with Crippen LogP contribution < -0.4 is 0 Å². The van der Waals surface area contributed by atoms with Crippen LogP contribution in [-0.2, 0) is 19.1 Å². The average molecular weight is 780 g/mol. The van der Waals surface area contributed by atoms with E-state index in [-0.39, 0.29) is 11.9 Å². The van der Waals surface area contributed by atoms with E-state index in [0.717, 1.165) is 37.2 Å². The number of hydrogen-bond acceptors (Lipinski definition) is 6. The number of ether oxygens (including phenoxy) is 2. The smallest absolute Gasteiger partial charge is 0.0654 e. The number of unbranched alkanes of at least 4 members (excludes halogenated alkanes) is 20. The van der Waals surface area contributed by atoms with Crippen LogP contribution in [0.2, 0.25) is 8.87 Å². The minimum Gasteiger partial charge on any atom is -0.0654 e. The van der Waals surface area contributed by atoms with Crippen molar-refractivity contribution in [2.24, 2.45) is 0 Å². The number of hydrogen-bond donors (Lipinski definition) is 0. The zero-order valence-electron chi connectivity index (χ0n) is 30.6. The molecular formula is C38H76O4S2Sn. The predicted molar refractivity (Wildman–Crippen MR) is 205 cm³/mol. The molecule has 0 rings (SSSR count). The molecule has 4 nitrogen and oxygen atoms in total. The van der Waals surface area contributed by atoms with Crippen LogP contribution in [0.4, 0.5) is 0 Å². The van der Waals surface area contributed by atoms with Crippen LogP contribution in [0.5, 0.6) is 0 Å². The summed E-state index contributed by atoms with van der Waals surface area (Å²) in [6.07, 6.45) is 31.6. The van der Waals surface area contributed by atoms with Gasteiger partial charge in [0.1, 0.15) is 0 Å². The fourth-order valence-corrected chi connectivity index (χ4v) is 35.6. The van der Waals surface area contributed by atoms with Crippen LogP contribution in [0.15, 0.2) is 0 Å². The van der Waals surface area contributed by atoms with E-state index < -0.39 is 15.6 Å². The summed E-state index contributed by atoms with van der Waals surface area (Å²) in [5.41, 5.74) is 0. The van der Waals surface area contributed by atoms with Crippen molar-refractivity contribution in [1.82, 2.24) is 0 Å². The van der Waals surface area contributed by atoms with E-state index in [1.54, 1.807) is 0 Å². The monoisotopic (exact) mass is 780 g/mol. The quantitative estimate of drug-likeness (QED) is 0.0359. The molecular weight excluding hydrogens is 703 g/mol. The maximum atomic E-state index is 12.6. The van der Waals surface area contributed by atoms with Gasteiger partial charge in [-0.05, 0) is 0 Å². The number of rotatable bonds is 36. The van der Waals surface area contributed by atoms with Crippen LogP contribution in [0.25, 0.3) is 0 Å². The van der Waals surface area contributed by atoms with Crippen LogP contribution in [-0.4, -0.2) is 52.3 Å². The van der Waals surface area contributed by atoms with Crippen molar-refractivity contribution in [3.63, 3.8) is 0 Å². The Morgan fingerprint density at radius 1 is 0.422 bits per heavy atom. The molecule has 268 valence electrons. The van der Waals surface area contributed by atoms with Gasteiger partial charge in [-0.2, -0.15) is 0 Å². The van der Waals surface area contributed by atoms with Gasteiger partial charge in [0.25, 0.3) is 0 Å². The Hall–Kier alpha value is 0.439. The molecule has 0 saturated heterocycles. The van der Waals surface area contributed by atoms with Gasteiger partial charge in [0.15, 0.2) is 0 Å². The van der Waals surface area contributed by atoms with Gasteiger partial charge >= 0.3 is 279 Å². The number of esters is 2. The van der Waals surface area contributed by atoms with Crippen LogP contribution in [0.1, 0.15) is 195 Å². The predicted octanol–water partition coefficient (Wildman–Crippen LogP) is 13.2. The minimum atomic E-state index is -2.70. The molecule has 0 aliphatic heterocycles. The molecule has 0 saturated carbocycles. The van der Waals surface area contributed by atoms with Gasteiger partial charge in [-0.1, -0.05) is 13.8 Å². The Balaban J connectivity index is 4.97.